The van der Waals surface area contributed by atoms with Crippen molar-refractivity contribution in [2.45, 2.75) is 18.9 Å². The third kappa shape index (κ3) is 2.61. The molecule has 7 nitrogen and oxygen atoms in total. The van der Waals surface area contributed by atoms with Gasteiger partial charge in [0.1, 0.15) is 5.82 Å². The first-order valence-corrected chi connectivity index (χ1v) is 8.93. The van der Waals surface area contributed by atoms with Crippen LogP contribution in [0.15, 0.2) is 23.7 Å². The van der Waals surface area contributed by atoms with Gasteiger partial charge in [0.15, 0.2) is 5.65 Å². The second kappa shape index (κ2) is 6.03. The Balaban J connectivity index is 1.50. The van der Waals surface area contributed by atoms with Gasteiger partial charge >= 0.3 is 0 Å². The molecule has 0 amide bonds. The maximum absolute atomic E-state index is 10.5. The van der Waals surface area contributed by atoms with Crippen molar-refractivity contribution in [3.05, 3.63) is 28.6 Å². The summed E-state index contributed by atoms with van der Waals surface area (Å²) in [5.74, 6) is 1.38. The van der Waals surface area contributed by atoms with Crippen LogP contribution in [0.5, 0.6) is 0 Å². The Kier molecular flexibility index (Phi) is 3.85. The number of fused-ring (bicyclic) bond motifs is 1. The van der Waals surface area contributed by atoms with Gasteiger partial charge in [-0.1, -0.05) is 6.07 Å². The average molecular weight is 344 g/mol. The molecule has 0 bridgehead atoms. The molecule has 0 saturated carbocycles. The minimum Gasteiger partial charge on any atom is -0.387 e. The van der Waals surface area contributed by atoms with E-state index in [1.807, 2.05) is 24.6 Å². The first-order valence-electron chi connectivity index (χ1n) is 8.05. The summed E-state index contributed by atoms with van der Waals surface area (Å²) in [6.45, 7) is 1.63. The number of anilines is 2. The second-order valence-electron chi connectivity index (χ2n) is 6.20. The van der Waals surface area contributed by atoms with Crippen LogP contribution in [0.1, 0.15) is 23.8 Å². The molecule has 0 radical (unpaired) electrons. The molecule has 1 aliphatic rings. The van der Waals surface area contributed by atoms with E-state index in [-0.39, 0.29) is 12.0 Å². The Hall–Kier alpha value is -2.19. The lowest BCUT2D eigenvalue weighted by Crippen LogP contribution is -2.36. The summed E-state index contributed by atoms with van der Waals surface area (Å²) in [6, 6.07) is 3.99. The number of nitrogens with zero attached hydrogens (tertiary/aromatic N) is 5. The maximum Gasteiger partial charge on any atom is 0.229 e. The number of aliphatic hydroxyl groups is 1. The highest BCUT2D eigenvalue weighted by atomic mass is 32.1. The molecule has 24 heavy (non-hydrogen) atoms. The van der Waals surface area contributed by atoms with Crippen molar-refractivity contribution in [1.82, 2.24) is 19.7 Å². The standard InChI is InChI=1S/C16H20N6OS/c1-21-15-11(9-18-21)14(17)19-16(20-15)22-6-4-10(5-7-22)13(23)12-3-2-8-24-12/h2-3,8-10,13,23H,4-7H2,1H3,(H2,17,19,20). The molecule has 1 saturated heterocycles. The van der Waals surface area contributed by atoms with Crippen LogP contribution in [-0.2, 0) is 7.05 Å². The number of piperidine rings is 1. The van der Waals surface area contributed by atoms with Gasteiger partial charge in [0.05, 0.1) is 17.7 Å². The van der Waals surface area contributed by atoms with E-state index in [1.54, 1.807) is 22.2 Å². The van der Waals surface area contributed by atoms with E-state index in [9.17, 15) is 5.11 Å². The van der Waals surface area contributed by atoms with Gasteiger partial charge in [-0.2, -0.15) is 15.1 Å². The molecule has 126 valence electrons. The van der Waals surface area contributed by atoms with Gasteiger partial charge in [0, 0.05) is 25.0 Å². The number of aryl methyl sites for hydroxylation is 1. The average Bonchev–Trinajstić information content (AvgIpc) is 3.25. The molecule has 1 atom stereocenters. The van der Waals surface area contributed by atoms with Gasteiger partial charge in [-0.25, -0.2) is 0 Å². The lowest BCUT2D eigenvalue weighted by molar-refractivity contribution is 0.0959. The molecule has 4 rings (SSSR count). The summed E-state index contributed by atoms with van der Waals surface area (Å²) >= 11 is 1.61. The van der Waals surface area contributed by atoms with E-state index in [2.05, 4.69) is 20.0 Å². The summed E-state index contributed by atoms with van der Waals surface area (Å²) in [5.41, 5.74) is 6.80. The SMILES string of the molecule is Cn1ncc2c(N)nc(N3CCC(C(O)c4cccs4)CC3)nc21. The number of thiophene rings is 1. The summed E-state index contributed by atoms with van der Waals surface area (Å²) in [7, 11) is 1.85. The van der Waals surface area contributed by atoms with Gasteiger partial charge < -0.3 is 15.7 Å². The molecular formula is C16H20N6OS. The highest BCUT2D eigenvalue weighted by molar-refractivity contribution is 7.10. The number of hydrogen-bond acceptors (Lipinski definition) is 7. The molecule has 3 aromatic heterocycles. The maximum atomic E-state index is 10.5. The predicted octanol–water partition coefficient (Wildman–Crippen LogP) is 1.96. The van der Waals surface area contributed by atoms with Gasteiger partial charge in [0.25, 0.3) is 0 Å². The number of nitrogens with two attached hydrogens (primary N) is 1. The lowest BCUT2D eigenvalue weighted by atomic mass is 9.90. The zero-order chi connectivity index (χ0) is 16.7. The van der Waals surface area contributed by atoms with Crippen LogP contribution in [0.25, 0.3) is 11.0 Å². The van der Waals surface area contributed by atoms with Crippen LogP contribution in [0.2, 0.25) is 0 Å². The molecular weight excluding hydrogens is 324 g/mol. The number of nitrogen functional groups attached to an aromatic ring is 1. The quantitative estimate of drug-likeness (QED) is 0.754. The molecule has 1 unspecified atom stereocenters. The summed E-state index contributed by atoms with van der Waals surface area (Å²) in [4.78, 5) is 12.2. The predicted molar refractivity (Wildman–Crippen MR) is 94.9 cm³/mol. The zero-order valence-electron chi connectivity index (χ0n) is 13.5. The number of rotatable bonds is 3. The fraction of sp³-hybridized carbons (Fsp3) is 0.438. The summed E-state index contributed by atoms with van der Waals surface area (Å²) in [5, 5.41) is 17.5. The van der Waals surface area contributed by atoms with Crippen molar-refractivity contribution < 1.29 is 5.11 Å². The molecule has 1 aliphatic heterocycles. The van der Waals surface area contributed by atoms with E-state index < -0.39 is 0 Å². The zero-order valence-corrected chi connectivity index (χ0v) is 14.3. The van der Waals surface area contributed by atoms with Gasteiger partial charge in [-0.3, -0.25) is 4.68 Å². The Morgan fingerprint density at radius 1 is 1.33 bits per heavy atom. The molecule has 4 heterocycles. The minimum absolute atomic E-state index is 0.276. The van der Waals surface area contributed by atoms with Crippen LogP contribution >= 0.6 is 11.3 Å². The first-order chi connectivity index (χ1) is 11.6. The molecule has 8 heteroatoms. The molecule has 0 aliphatic carbocycles. The van der Waals surface area contributed by atoms with E-state index in [1.165, 1.54) is 0 Å². The Bertz CT molecular complexity index is 838. The van der Waals surface area contributed by atoms with Crippen molar-refractivity contribution >= 4 is 34.1 Å². The van der Waals surface area contributed by atoms with Crippen LogP contribution in [0, 0.1) is 5.92 Å². The van der Waals surface area contributed by atoms with Crippen molar-refractivity contribution in [1.29, 1.82) is 0 Å². The number of hydrogen-bond donors (Lipinski definition) is 2. The fourth-order valence-corrected chi connectivity index (χ4v) is 4.08. The van der Waals surface area contributed by atoms with Crippen molar-refractivity contribution in [2.24, 2.45) is 13.0 Å². The normalized spacial score (nSPS) is 17.5. The largest absolute Gasteiger partial charge is 0.387 e. The van der Waals surface area contributed by atoms with Gasteiger partial charge in [-0.15, -0.1) is 11.3 Å². The third-order valence-electron chi connectivity index (χ3n) is 4.71. The molecule has 3 aromatic rings. The highest BCUT2D eigenvalue weighted by Crippen LogP contribution is 2.34. The smallest absolute Gasteiger partial charge is 0.229 e. The molecule has 3 N–H and O–H groups in total. The first kappa shape index (κ1) is 15.3. The van der Waals surface area contributed by atoms with Crippen molar-refractivity contribution in [2.75, 3.05) is 23.7 Å². The Labute approximate surface area is 143 Å². The molecule has 0 spiro atoms. The lowest BCUT2D eigenvalue weighted by Gasteiger charge is -2.34. The van der Waals surface area contributed by atoms with Crippen LogP contribution in [0.3, 0.4) is 0 Å². The summed E-state index contributed by atoms with van der Waals surface area (Å²) < 4.78 is 1.71. The van der Waals surface area contributed by atoms with E-state index >= 15 is 0 Å². The van der Waals surface area contributed by atoms with Crippen molar-refractivity contribution in [3.63, 3.8) is 0 Å². The minimum atomic E-state index is -0.377. The topological polar surface area (TPSA) is 93.1 Å². The number of aromatic nitrogens is 4. The molecule has 0 aromatic carbocycles. The van der Waals surface area contributed by atoms with Gasteiger partial charge in [-0.05, 0) is 30.2 Å². The Morgan fingerprint density at radius 2 is 2.12 bits per heavy atom. The van der Waals surface area contributed by atoms with E-state index in [4.69, 9.17) is 5.73 Å². The Morgan fingerprint density at radius 3 is 2.83 bits per heavy atom. The van der Waals surface area contributed by atoms with Gasteiger partial charge in [0.2, 0.25) is 5.95 Å². The van der Waals surface area contributed by atoms with Crippen LogP contribution in [0.4, 0.5) is 11.8 Å². The van der Waals surface area contributed by atoms with Crippen LogP contribution < -0.4 is 10.6 Å². The monoisotopic (exact) mass is 344 g/mol. The molecule has 1 fully saturated rings. The fourth-order valence-electron chi connectivity index (χ4n) is 3.28. The summed E-state index contributed by atoms with van der Waals surface area (Å²) in [6.07, 6.45) is 3.13. The number of aliphatic hydroxyl groups excluding tert-OH is 1. The third-order valence-corrected chi connectivity index (χ3v) is 5.66. The van der Waals surface area contributed by atoms with E-state index in [0.717, 1.165) is 41.8 Å². The van der Waals surface area contributed by atoms with Crippen LogP contribution in [-0.4, -0.2) is 37.9 Å². The second-order valence-corrected chi connectivity index (χ2v) is 7.18. The highest BCUT2D eigenvalue weighted by Gasteiger charge is 2.28. The van der Waals surface area contributed by atoms with Crippen molar-refractivity contribution in [3.8, 4) is 0 Å². The van der Waals surface area contributed by atoms with E-state index in [0.29, 0.717) is 11.8 Å².